The van der Waals surface area contributed by atoms with Crippen LogP contribution in [0.5, 0.6) is 0 Å². The first-order valence-electron chi connectivity index (χ1n) is 2.95. The fourth-order valence-corrected chi connectivity index (χ4v) is 1.37. The molecule has 4 nitrogen and oxygen atoms in total. The van der Waals surface area contributed by atoms with Crippen molar-refractivity contribution in [3.8, 4) is 0 Å². The van der Waals surface area contributed by atoms with Gasteiger partial charge in [0.05, 0.1) is 4.92 Å². The first-order valence-corrected chi connectivity index (χ1v) is 4.41. The Balaban J connectivity index is 3.21. The number of nitro benzene ring substituents is 1. The van der Waals surface area contributed by atoms with Crippen LogP contribution in [0.4, 0.5) is 11.4 Å². The molecular weight excluding hydrogens is 294 g/mol. The van der Waals surface area contributed by atoms with Gasteiger partial charge in [-0.2, -0.15) is 0 Å². The molecule has 0 spiro atoms. The zero-order valence-corrected chi connectivity index (χ0v) is 8.67. The minimum Gasteiger partial charge on any atom is -0.292 e. The van der Waals surface area contributed by atoms with E-state index in [9.17, 15) is 10.1 Å². The Morgan fingerprint density at radius 2 is 2.25 bits per heavy atom. The molecule has 0 fully saturated rings. The van der Waals surface area contributed by atoms with Crippen LogP contribution in [0.2, 0.25) is 0 Å². The molecule has 0 aliphatic rings. The van der Waals surface area contributed by atoms with E-state index in [-0.39, 0.29) is 5.69 Å². The molecule has 0 unspecified atom stereocenters. The molecule has 0 amide bonds. The quantitative estimate of drug-likeness (QED) is 0.395. The van der Waals surface area contributed by atoms with Gasteiger partial charge in [0.1, 0.15) is 5.69 Å². The highest BCUT2D eigenvalue weighted by atomic mass is 127. The molecule has 0 heterocycles. The first kappa shape index (κ1) is 9.53. The zero-order chi connectivity index (χ0) is 9.14. The summed E-state index contributed by atoms with van der Waals surface area (Å²) in [5, 5.41) is 10.4. The van der Waals surface area contributed by atoms with Crippen LogP contribution in [-0.4, -0.2) is 4.92 Å². The van der Waals surface area contributed by atoms with Crippen LogP contribution >= 0.6 is 34.4 Å². The molecule has 0 saturated carbocycles. The molecule has 64 valence electrons. The van der Waals surface area contributed by atoms with Crippen molar-refractivity contribution in [3.05, 3.63) is 31.9 Å². The number of nitrogens with one attached hydrogen (secondary N) is 1. The Morgan fingerprint density at radius 1 is 1.58 bits per heavy atom. The molecule has 0 radical (unpaired) electrons. The summed E-state index contributed by atoms with van der Waals surface area (Å²) in [7, 11) is 0. The second-order valence-corrected chi connectivity index (χ2v) is 3.45. The highest BCUT2D eigenvalue weighted by Crippen LogP contribution is 2.26. The van der Waals surface area contributed by atoms with Crippen LogP contribution in [0.1, 0.15) is 0 Å². The second kappa shape index (κ2) is 3.90. The smallest absolute Gasteiger partial charge is 0.292 e. The summed E-state index contributed by atoms with van der Waals surface area (Å²) < 4.78 is 0.801. The molecule has 0 aliphatic carbocycles. The predicted octanol–water partition coefficient (Wildman–Crippen LogP) is 2.77. The number of anilines is 1. The Hall–Kier alpha value is -0.560. The molecule has 0 bridgehead atoms. The van der Waals surface area contributed by atoms with Gasteiger partial charge in [0.25, 0.3) is 5.69 Å². The molecule has 1 rings (SSSR count). The van der Waals surface area contributed by atoms with Crippen molar-refractivity contribution in [2.45, 2.75) is 0 Å². The summed E-state index contributed by atoms with van der Waals surface area (Å²) in [6.45, 7) is 0. The van der Waals surface area contributed by atoms with Crippen LogP contribution in [0.15, 0.2) is 18.2 Å². The van der Waals surface area contributed by atoms with Gasteiger partial charge in [0.2, 0.25) is 0 Å². The average Bonchev–Trinajstić information content (AvgIpc) is 2.04. The van der Waals surface area contributed by atoms with E-state index in [0.29, 0.717) is 5.69 Å². The van der Waals surface area contributed by atoms with E-state index in [4.69, 9.17) is 11.8 Å². The van der Waals surface area contributed by atoms with E-state index in [1.807, 2.05) is 22.6 Å². The standard InChI is InChI=1S/C6H4ClIN2O2/c7-9-5-2-1-4(8)3-6(5)10(11)12/h1-3,9H. The highest BCUT2D eigenvalue weighted by molar-refractivity contribution is 14.1. The van der Waals surface area contributed by atoms with E-state index in [1.165, 1.54) is 6.07 Å². The van der Waals surface area contributed by atoms with Crippen molar-refractivity contribution >= 4 is 45.7 Å². The SMILES string of the molecule is O=[N+]([O-])c1cc(I)ccc1NCl. The van der Waals surface area contributed by atoms with Gasteiger partial charge in [-0.05, 0) is 34.7 Å². The molecule has 0 aliphatic heterocycles. The molecule has 0 saturated heterocycles. The number of nitro groups is 1. The van der Waals surface area contributed by atoms with Crippen molar-refractivity contribution in [2.75, 3.05) is 4.84 Å². The fraction of sp³-hybridized carbons (Fsp3) is 0. The first-order chi connectivity index (χ1) is 5.65. The number of nitrogens with zero attached hydrogens (tertiary/aromatic N) is 1. The van der Waals surface area contributed by atoms with Gasteiger partial charge in [-0.15, -0.1) is 0 Å². The van der Waals surface area contributed by atoms with Gasteiger partial charge in [0, 0.05) is 21.4 Å². The lowest BCUT2D eigenvalue weighted by Crippen LogP contribution is -1.93. The summed E-state index contributed by atoms with van der Waals surface area (Å²) in [5.74, 6) is 0. The molecule has 6 heteroatoms. The van der Waals surface area contributed by atoms with Gasteiger partial charge in [0.15, 0.2) is 0 Å². The third-order valence-corrected chi connectivity index (χ3v) is 2.13. The van der Waals surface area contributed by atoms with Gasteiger partial charge in [-0.3, -0.25) is 15.0 Å². The maximum Gasteiger partial charge on any atom is 0.294 e. The van der Waals surface area contributed by atoms with Crippen molar-refractivity contribution in [2.24, 2.45) is 0 Å². The van der Waals surface area contributed by atoms with Crippen molar-refractivity contribution in [1.82, 2.24) is 0 Å². The van der Waals surface area contributed by atoms with Crippen LogP contribution in [0, 0.1) is 13.7 Å². The zero-order valence-electron chi connectivity index (χ0n) is 5.75. The van der Waals surface area contributed by atoms with E-state index in [0.717, 1.165) is 3.57 Å². The normalized spacial score (nSPS) is 9.50. The number of benzene rings is 1. The summed E-state index contributed by atoms with van der Waals surface area (Å²) in [5.41, 5.74) is 0.291. The average molecular weight is 298 g/mol. The van der Waals surface area contributed by atoms with E-state index in [2.05, 4.69) is 4.84 Å². The minimum atomic E-state index is -0.479. The van der Waals surface area contributed by atoms with Crippen LogP contribution in [0.25, 0.3) is 0 Å². The summed E-state index contributed by atoms with van der Waals surface area (Å²) in [6.07, 6.45) is 0. The molecule has 0 aromatic heterocycles. The second-order valence-electron chi connectivity index (χ2n) is 2.01. The van der Waals surface area contributed by atoms with E-state index in [1.54, 1.807) is 12.1 Å². The maximum atomic E-state index is 10.4. The summed E-state index contributed by atoms with van der Waals surface area (Å²) >= 11 is 7.27. The third-order valence-electron chi connectivity index (χ3n) is 1.26. The number of halogens is 2. The number of hydrogen-bond donors (Lipinski definition) is 1. The molecular formula is C6H4ClIN2O2. The Bertz CT molecular complexity index is 318. The minimum absolute atomic E-state index is 0.0168. The van der Waals surface area contributed by atoms with Crippen LogP contribution in [-0.2, 0) is 0 Å². The largest absolute Gasteiger partial charge is 0.294 e. The molecule has 1 aromatic carbocycles. The Kier molecular flexibility index (Phi) is 3.10. The predicted molar refractivity (Wildman–Crippen MR) is 55.3 cm³/mol. The van der Waals surface area contributed by atoms with Crippen molar-refractivity contribution in [3.63, 3.8) is 0 Å². The number of hydrogen-bond acceptors (Lipinski definition) is 3. The molecule has 1 aromatic rings. The molecule has 1 N–H and O–H groups in total. The van der Waals surface area contributed by atoms with E-state index >= 15 is 0 Å². The van der Waals surface area contributed by atoms with Gasteiger partial charge < -0.3 is 0 Å². The lowest BCUT2D eigenvalue weighted by molar-refractivity contribution is -0.384. The fourth-order valence-electron chi connectivity index (χ4n) is 0.736. The topological polar surface area (TPSA) is 55.2 Å². The lowest BCUT2D eigenvalue weighted by Gasteiger charge is -1.99. The van der Waals surface area contributed by atoms with Gasteiger partial charge >= 0.3 is 0 Å². The van der Waals surface area contributed by atoms with Crippen molar-refractivity contribution in [1.29, 1.82) is 0 Å². The monoisotopic (exact) mass is 298 g/mol. The van der Waals surface area contributed by atoms with Crippen LogP contribution < -0.4 is 4.84 Å². The summed E-state index contributed by atoms with van der Waals surface area (Å²) in [6, 6.07) is 4.75. The number of rotatable bonds is 2. The Morgan fingerprint density at radius 3 is 2.75 bits per heavy atom. The highest BCUT2D eigenvalue weighted by Gasteiger charge is 2.12. The third kappa shape index (κ3) is 1.98. The Labute approximate surface area is 87.3 Å². The van der Waals surface area contributed by atoms with Crippen molar-refractivity contribution < 1.29 is 4.92 Å². The van der Waals surface area contributed by atoms with Crippen LogP contribution in [0.3, 0.4) is 0 Å². The molecule has 12 heavy (non-hydrogen) atoms. The maximum absolute atomic E-state index is 10.4. The van der Waals surface area contributed by atoms with E-state index < -0.39 is 4.92 Å². The van der Waals surface area contributed by atoms with Gasteiger partial charge in [-0.25, -0.2) is 0 Å². The molecule has 0 atom stereocenters. The summed E-state index contributed by atoms with van der Waals surface area (Å²) in [4.78, 5) is 12.2. The lowest BCUT2D eigenvalue weighted by atomic mass is 10.3. The van der Waals surface area contributed by atoms with Gasteiger partial charge in [-0.1, -0.05) is 0 Å².